The van der Waals surface area contributed by atoms with Crippen LogP contribution in [0.15, 0.2) is 12.4 Å². The summed E-state index contributed by atoms with van der Waals surface area (Å²) in [6, 6.07) is 0. The molecular formula is C12H17N3O3. The van der Waals surface area contributed by atoms with Gasteiger partial charge in [-0.25, -0.2) is 4.79 Å². The molecule has 6 heteroatoms. The molecule has 0 radical (unpaired) electrons. The van der Waals surface area contributed by atoms with Crippen LogP contribution in [0.1, 0.15) is 31.7 Å². The van der Waals surface area contributed by atoms with E-state index >= 15 is 0 Å². The molecule has 0 spiro atoms. The van der Waals surface area contributed by atoms with E-state index in [4.69, 9.17) is 4.84 Å². The number of aryl methyl sites for hydroxylation is 1. The molecule has 0 aliphatic carbocycles. The molecule has 2 heterocycles. The Hall–Kier alpha value is -1.85. The molecule has 0 N–H and O–H groups in total. The molecule has 0 unspecified atom stereocenters. The summed E-state index contributed by atoms with van der Waals surface area (Å²) in [7, 11) is 0. The number of carbonyl (C=O) groups is 2. The first-order chi connectivity index (χ1) is 8.65. The van der Waals surface area contributed by atoms with E-state index in [-0.39, 0.29) is 11.9 Å². The Morgan fingerprint density at radius 1 is 1.39 bits per heavy atom. The van der Waals surface area contributed by atoms with Crippen molar-refractivity contribution in [2.24, 2.45) is 0 Å². The average Bonchev–Trinajstić information content (AvgIpc) is 2.97. The molecule has 0 atom stereocenters. The van der Waals surface area contributed by atoms with Gasteiger partial charge in [0.15, 0.2) is 0 Å². The first kappa shape index (κ1) is 12.6. The zero-order valence-electron chi connectivity index (χ0n) is 10.5. The zero-order valence-corrected chi connectivity index (χ0v) is 10.5. The fraction of sp³-hybridized carbons (Fsp3) is 0.583. The predicted molar refractivity (Wildman–Crippen MR) is 64.0 cm³/mol. The van der Waals surface area contributed by atoms with E-state index in [0.29, 0.717) is 12.8 Å². The first-order valence-corrected chi connectivity index (χ1v) is 6.15. The Bertz CT molecular complexity index is 436. The van der Waals surface area contributed by atoms with Crippen LogP contribution in [0, 0.1) is 0 Å². The molecule has 1 aromatic heterocycles. The third-order valence-corrected chi connectivity index (χ3v) is 2.92. The molecule has 1 aromatic rings. The smallest absolute Gasteiger partial charge is 0.306 e. The minimum Gasteiger partial charge on any atom is -0.306 e. The quantitative estimate of drug-likeness (QED) is 0.802. The van der Waals surface area contributed by atoms with Gasteiger partial charge in [0.2, 0.25) is 0 Å². The zero-order chi connectivity index (χ0) is 13.0. The maximum atomic E-state index is 11.7. The van der Waals surface area contributed by atoms with E-state index < -0.39 is 0 Å². The largest absolute Gasteiger partial charge is 0.435 e. The van der Waals surface area contributed by atoms with Crippen LogP contribution in [0.25, 0.3) is 0 Å². The van der Waals surface area contributed by atoms with Gasteiger partial charge in [0, 0.05) is 19.5 Å². The van der Waals surface area contributed by atoms with Gasteiger partial charge in [-0.15, -0.1) is 5.10 Å². The van der Waals surface area contributed by atoms with Crippen molar-refractivity contribution in [3.05, 3.63) is 18.0 Å². The lowest BCUT2D eigenvalue weighted by Gasteiger charge is -2.13. The molecule has 2 rings (SSSR count). The topological polar surface area (TPSA) is 64.4 Å². The molecule has 0 bridgehead atoms. The molecule has 6 nitrogen and oxygen atoms in total. The van der Waals surface area contributed by atoms with Crippen molar-refractivity contribution in [2.75, 3.05) is 13.1 Å². The van der Waals surface area contributed by atoms with Gasteiger partial charge in [0.1, 0.15) is 5.78 Å². The Kier molecular flexibility index (Phi) is 3.96. The second kappa shape index (κ2) is 5.66. The molecular weight excluding hydrogens is 234 g/mol. The van der Waals surface area contributed by atoms with Crippen LogP contribution in [0.2, 0.25) is 0 Å². The summed E-state index contributed by atoms with van der Waals surface area (Å²) in [6.07, 6.45) is 6.03. The Balaban J connectivity index is 1.85. The van der Waals surface area contributed by atoms with Gasteiger partial charge in [-0.3, -0.25) is 4.84 Å². The highest BCUT2D eigenvalue weighted by Gasteiger charge is 2.20. The van der Waals surface area contributed by atoms with Crippen molar-refractivity contribution in [1.29, 1.82) is 0 Å². The maximum absolute atomic E-state index is 11.7. The van der Waals surface area contributed by atoms with Gasteiger partial charge in [0.05, 0.1) is 12.4 Å². The second-order valence-electron chi connectivity index (χ2n) is 4.50. The lowest BCUT2D eigenvalue weighted by Crippen LogP contribution is -2.35. The van der Waals surface area contributed by atoms with Crippen molar-refractivity contribution in [3.8, 4) is 0 Å². The third-order valence-electron chi connectivity index (χ3n) is 2.92. The first-order valence-electron chi connectivity index (χ1n) is 6.15. The third kappa shape index (κ3) is 3.32. The fourth-order valence-electron chi connectivity index (χ4n) is 1.88. The van der Waals surface area contributed by atoms with Crippen molar-refractivity contribution in [2.45, 2.75) is 32.6 Å². The summed E-state index contributed by atoms with van der Waals surface area (Å²) in [4.78, 5) is 30.5. The van der Waals surface area contributed by atoms with Crippen LogP contribution in [0.4, 0.5) is 4.79 Å². The lowest BCUT2D eigenvalue weighted by molar-refractivity contribution is -0.116. The Morgan fingerprint density at radius 3 is 2.78 bits per heavy atom. The van der Waals surface area contributed by atoms with E-state index in [1.54, 1.807) is 24.2 Å². The highest BCUT2D eigenvalue weighted by Crippen LogP contribution is 2.08. The molecule has 18 heavy (non-hydrogen) atoms. The van der Waals surface area contributed by atoms with E-state index in [2.05, 4.69) is 5.10 Å². The fourth-order valence-corrected chi connectivity index (χ4v) is 1.88. The number of carbonyl (C=O) groups excluding carboxylic acids is 2. The van der Waals surface area contributed by atoms with Gasteiger partial charge in [-0.05, 0) is 31.7 Å². The molecule has 98 valence electrons. The number of rotatable bonds is 4. The second-order valence-corrected chi connectivity index (χ2v) is 4.50. The molecule has 1 amide bonds. The normalized spacial score (nSPS) is 14.8. The monoisotopic (exact) mass is 251 g/mol. The number of amides is 1. The summed E-state index contributed by atoms with van der Waals surface area (Å²) in [6.45, 7) is 3.05. The number of hydrogen-bond donors (Lipinski definition) is 0. The minimum atomic E-state index is -0.367. The van der Waals surface area contributed by atoms with Crippen molar-refractivity contribution in [1.82, 2.24) is 14.8 Å². The van der Waals surface area contributed by atoms with Crippen LogP contribution in [0.3, 0.4) is 0 Å². The van der Waals surface area contributed by atoms with Gasteiger partial charge in [-0.2, -0.15) is 0 Å². The molecule has 1 aliphatic rings. The minimum absolute atomic E-state index is 0.136. The number of Topliss-reactive ketones (excluding diaryl/α,β-unsaturated/α-hetero) is 1. The van der Waals surface area contributed by atoms with Gasteiger partial charge in [-0.1, -0.05) is 4.85 Å². The Morgan fingerprint density at radius 2 is 2.11 bits per heavy atom. The maximum Gasteiger partial charge on any atom is 0.435 e. The lowest BCUT2D eigenvalue weighted by atomic mass is 10.1. The van der Waals surface area contributed by atoms with Crippen molar-refractivity contribution >= 4 is 11.9 Å². The highest BCUT2D eigenvalue weighted by molar-refractivity contribution is 5.75. The highest BCUT2D eigenvalue weighted by atomic mass is 16.7. The summed E-state index contributed by atoms with van der Waals surface area (Å²) in [5, 5.41) is 3.94. The Labute approximate surface area is 105 Å². The van der Waals surface area contributed by atoms with E-state index in [9.17, 15) is 9.59 Å². The molecule has 0 aromatic carbocycles. The predicted octanol–water partition coefficient (Wildman–Crippen LogP) is 1.05. The van der Waals surface area contributed by atoms with E-state index in [1.165, 1.54) is 0 Å². The van der Waals surface area contributed by atoms with Crippen LogP contribution in [-0.2, 0) is 11.2 Å². The number of aromatic nitrogens is 2. The van der Waals surface area contributed by atoms with Crippen LogP contribution in [-0.4, -0.2) is 39.8 Å². The summed E-state index contributed by atoms with van der Waals surface area (Å²) < 4.78 is 0. The SMILES string of the molecule is CC(=O)CCc1cnn(OC(=O)N2CCCC2)c1. The number of likely N-dealkylation sites (tertiary alicyclic amines) is 1. The molecule has 1 saturated heterocycles. The van der Waals surface area contributed by atoms with Crippen LogP contribution in [0.5, 0.6) is 0 Å². The van der Waals surface area contributed by atoms with Crippen molar-refractivity contribution in [3.63, 3.8) is 0 Å². The number of ketones is 1. The molecule has 1 aliphatic heterocycles. The van der Waals surface area contributed by atoms with Crippen LogP contribution < -0.4 is 4.84 Å². The number of hydrogen-bond acceptors (Lipinski definition) is 4. The van der Waals surface area contributed by atoms with E-state index in [1.807, 2.05) is 0 Å². The van der Waals surface area contributed by atoms with Crippen LogP contribution >= 0.6 is 0 Å². The standard InChI is InChI=1S/C12H17N3O3/c1-10(16)4-5-11-8-13-15(9-11)18-12(17)14-6-2-3-7-14/h8-9H,2-7H2,1H3. The van der Waals surface area contributed by atoms with Crippen molar-refractivity contribution < 1.29 is 14.4 Å². The number of nitrogens with zero attached hydrogens (tertiary/aromatic N) is 3. The summed E-state index contributed by atoms with van der Waals surface area (Å²) in [5.74, 6) is 0.136. The summed E-state index contributed by atoms with van der Waals surface area (Å²) >= 11 is 0. The van der Waals surface area contributed by atoms with Gasteiger partial charge >= 0.3 is 6.09 Å². The summed E-state index contributed by atoms with van der Waals surface area (Å²) in [5.41, 5.74) is 0.888. The average molecular weight is 251 g/mol. The molecule has 1 fully saturated rings. The van der Waals surface area contributed by atoms with E-state index in [0.717, 1.165) is 36.3 Å². The van der Waals surface area contributed by atoms with Gasteiger partial charge < -0.3 is 9.69 Å². The molecule has 0 saturated carbocycles. The van der Waals surface area contributed by atoms with Gasteiger partial charge in [0.25, 0.3) is 0 Å².